The van der Waals surface area contributed by atoms with Crippen molar-refractivity contribution in [1.82, 2.24) is 0 Å². The summed E-state index contributed by atoms with van der Waals surface area (Å²) in [5, 5.41) is 1.57. The Morgan fingerprint density at radius 1 is 0.783 bits per heavy atom. The zero-order chi connectivity index (χ0) is 15.6. The van der Waals surface area contributed by atoms with Crippen molar-refractivity contribution in [2.24, 2.45) is 0 Å². The normalized spacial score (nSPS) is 17.1. The number of rotatable bonds is 7. The molecule has 0 aromatic heterocycles. The highest BCUT2D eigenvalue weighted by atomic mass is 17.0. The van der Waals surface area contributed by atoms with Gasteiger partial charge in [-0.05, 0) is 56.4 Å². The molecule has 0 spiro atoms. The van der Waals surface area contributed by atoms with E-state index in [-0.39, 0.29) is 12.2 Å². The van der Waals surface area contributed by atoms with Crippen LogP contribution in [-0.2, 0) is 9.68 Å². The van der Waals surface area contributed by atoms with Gasteiger partial charge in [0, 0.05) is 0 Å². The van der Waals surface area contributed by atoms with Crippen LogP contribution < -0.4 is 9.96 Å². The zero-order valence-corrected chi connectivity index (χ0v) is 13.3. The van der Waals surface area contributed by atoms with Gasteiger partial charge >= 0.3 is 0 Å². The molecule has 4 rings (SSSR count). The predicted octanol–water partition coefficient (Wildman–Crippen LogP) is 4.78. The average Bonchev–Trinajstić information content (AvgIpc) is 3.46. The molecule has 0 unspecified atom stereocenters. The summed E-state index contributed by atoms with van der Waals surface area (Å²) in [6.45, 7) is 2.04. The maximum Gasteiger partial charge on any atom is 0.155 e. The molecule has 0 aliphatic heterocycles. The van der Waals surface area contributed by atoms with Gasteiger partial charge in [-0.3, -0.25) is 0 Å². The van der Waals surface area contributed by atoms with Gasteiger partial charge in [-0.15, -0.1) is 5.23 Å². The average molecular weight is 311 g/mol. The van der Waals surface area contributed by atoms with Crippen LogP contribution in [0.1, 0.15) is 31.2 Å². The number of anilines is 1. The lowest BCUT2D eigenvalue weighted by Gasteiger charge is -2.24. The second-order valence-corrected chi connectivity index (χ2v) is 6.20. The molecule has 0 N–H and O–H groups in total. The van der Waals surface area contributed by atoms with Crippen molar-refractivity contribution in [3.05, 3.63) is 54.1 Å². The number of benzene rings is 2. The third-order valence-corrected chi connectivity index (χ3v) is 3.91. The number of para-hydroxylation sites is 3. The van der Waals surface area contributed by atoms with Gasteiger partial charge in [0.15, 0.2) is 5.75 Å². The van der Waals surface area contributed by atoms with Gasteiger partial charge in [-0.25, -0.2) is 9.68 Å². The summed E-state index contributed by atoms with van der Waals surface area (Å²) >= 11 is 0. The number of ether oxygens (including phenoxy) is 1. The molecule has 0 saturated heterocycles. The van der Waals surface area contributed by atoms with Gasteiger partial charge in [0.2, 0.25) is 0 Å². The highest BCUT2D eigenvalue weighted by Crippen LogP contribution is 2.38. The molecule has 0 atom stereocenters. The predicted molar refractivity (Wildman–Crippen MR) is 88.4 cm³/mol. The van der Waals surface area contributed by atoms with Crippen molar-refractivity contribution in [3.8, 4) is 11.5 Å². The van der Waals surface area contributed by atoms with E-state index in [1.54, 1.807) is 5.23 Å². The highest BCUT2D eigenvalue weighted by Gasteiger charge is 2.33. The van der Waals surface area contributed by atoms with Crippen LogP contribution in [0.15, 0.2) is 48.5 Å². The SMILES string of the molecule is Cc1ccccc1Oc1ccccc1N(OC1CC1)OC1CC1. The lowest BCUT2D eigenvalue weighted by Crippen LogP contribution is -2.26. The number of hydrogen-bond acceptors (Lipinski definition) is 4. The van der Waals surface area contributed by atoms with Gasteiger partial charge in [0.1, 0.15) is 11.4 Å². The van der Waals surface area contributed by atoms with E-state index in [4.69, 9.17) is 14.4 Å². The Balaban J connectivity index is 1.60. The maximum atomic E-state index is 6.12. The van der Waals surface area contributed by atoms with Gasteiger partial charge < -0.3 is 4.74 Å². The smallest absolute Gasteiger partial charge is 0.155 e. The molecule has 2 fully saturated rings. The fourth-order valence-corrected chi connectivity index (χ4v) is 2.24. The standard InChI is InChI=1S/C19H21NO3/c1-14-6-2-4-8-18(14)21-19-9-5-3-7-17(19)20(22-15-10-11-15)23-16-12-13-16/h2-9,15-16H,10-13H2,1H3. The monoisotopic (exact) mass is 311 g/mol. The first kappa shape index (κ1) is 14.5. The quantitative estimate of drug-likeness (QED) is 0.688. The summed E-state index contributed by atoms with van der Waals surface area (Å²) in [6, 6.07) is 15.8. The summed E-state index contributed by atoms with van der Waals surface area (Å²) in [6.07, 6.45) is 4.88. The summed E-state index contributed by atoms with van der Waals surface area (Å²) in [4.78, 5) is 11.9. The second kappa shape index (κ2) is 6.22. The zero-order valence-electron chi connectivity index (χ0n) is 13.3. The molecule has 2 saturated carbocycles. The van der Waals surface area contributed by atoms with Crippen LogP contribution >= 0.6 is 0 Å². The number of hydrogen-bond donors (Lipinski definition) is 0. The van der Waals surface area contributed by atoms with Crippen molar-refractivity contribution >= 4 is 5.69 Å². The van der Waals surface area contributed by atoms with Gasteiger partial charge in [-0.2, -0.15) is 0 Å². The molecular formula is C19H21NO3. The largest absolute Gasteiger partial charge is 0.455 e. The maximum absolute atomic E-state index is 6.12. The van der Waals surface area contributed by atoms with Crippen molar-refractivity contribution in [1.29, 1.82) is 0 Å². The van der Waals surface area contributed by atoms with Crippen LogP contribution in [0.2, 0.25) is 0 Å². The highest BCUT2D eigenvalue weighted by molar-refractivity contribution is 5.57. The first-order valence-corrected chi connectivity index (χ1v) is 8.26. The van der Waals surface area contributed by atoms with E-state index in [0.717, 1.165) is 48.4 Å². The lowest BCUT2D eigenvalue weighted by atomic mass is 10.2. The Bertz CT molecular complexity index is 666. The molecule has 2 aromatic carbocycles. The third kappa shape index (κ3) is 3.66. The van der Waals surface area contributed by atoms with E-state index >= 15 is 0 Å². The van der Waals surface area contributed by atoms with Crippen molar-refractivity contribution in [3.63, 3.8) is 0 Å². The first-order valence-electron chi connectivity index (χ1n) is 8.26. The first-order chi connectivity index (χ1) is 11.3. The minimum atomic E-state index is 0.264. The van der Waals surface area contributed by atoms with Crippen LogP contribution in [0.25, 0.3) is 0 Å². The fourth-order valence-electron chi connectivity index (χ4n) is 2.24. The topological polar surface area (TPSA) is 30.9 Å². The molecule has 2 aliphatic rings. The second-order valence-electron chi connectivity index (χ2n) is 6.20. The molecule has 23 heavy (non-hydrogen) atoms. The minimum absolute atomic E-state index is 0.264. The van der Waals surface area contributed by atoms with E-state index in [1.165, 1.54) is 0 Å². The van der Waals surface area contributed by atoms with E-state index in [1.807, 2.05) is 55.5 Å². The molecule has 0 amide bonds. The van der Waals surface area contributed by atoms with E-state index in [0.29, 0.717) is 0 Å². The van der Waals surface area contributed by atoms with Crippen molar-refractivity contribution < 1.29 is 14.4 Å². The van der Waals surface area contributed by atoms with Crippen LogP contribution in [-0.4, -0.2) is 12.2 Å². The molecule has 2 aromatic rings. The summed E-state index contributed by atoms with van der Waals surface area (Å²) < 4.78 is 6.12. The molecule has 120 valence electrons. The van der Waals surface area contributed by atoms with E-state index in [9.17, 15) is 0 Å². The molecule has 0 radical (unpaired) electrons. The summed E-state index contributed by atoms with van der Waals surface area (Å²) in [5.41, 5.74) is 1.91. The molecule has 4 nitrogen and oxygen atoms in total. The Morgan fingerprint density at radius 2 is 1.35 bits per heavy atom. The Labute approximate surface area is 136 Å². The lowest BCUT2D eigenvalue weighted by molar-refractivity contribution is -0.105. The van der Waals surface area contributed by atoms with E-state index in [2.05, 4.69) is 0 Å². The van der Waals surface area contributed by atoms with Crippen molar-refractivity contribution in [2.75, 3.05) is 5.23 Å². The Hall–Kier alpha value is -2.04. The summed E-state index contributed by atoms with van der Waals surface area (Å²) in [5.74, 6) is 1.58. The Kier molecular flexibility index (Phi) is 3.93. The van der Waals surface area contributed by atoms with Crippen LogP contribution in [0.5, 0.6) is 11.5 Å². The van der Waals surface area contributed by atoms with E-state index < -0.39 is 0 Å². The van der Waals surface area contributed by atoms with Gasteiger partial charge in [-0.1, -0.05) is 30.3 Å². The minimum Gasteiger partial charge on any atom is -0.455 e. The fraction of sp³-hybridized carbons (Fsp3) is 0.368. The number of aryl methyl sites for hydroxylation is 1. The molecule has 2 aliphatic carbocycles. The van der Waals surface area contributed by atoms with Crippen LogP contribution in [0, 0.1) is 6.92 Å². The van der Waals surface area contributed by atoms with Crippen LogP contribution in [0.3, 0.4) is 0 Å². The molecule has 0 bridgehead atoms. The van der Waals surface area contributed by atoms with Crippen molar-refractivity contribution in [2.45, 2.75) is 44.8 Å². The summed E-state index contributed by atoms with van der Waals surface area (Å²) in [7, 11) is 0. The van der Waals surface area contributed by atoms with Gasteiger partial charge in [0.25, 0.3) is 0 Å². The van der Waals surface area contributed by atoms with Gasteiger partial charge in [0.05, 0.1) is 12.2 Å². The Morgan fingerprint density at radius 3 is 1.96 bits per heavy atom. The molecular weight excluding hydrogens is 290 g/mol. The third-order valence-electron chi connectivity index (χ3n) is 3.91. The molecule has 0 heterocycles. The number of nitrogens with zero attached hydrogens (tertiary/aromatic N) is 1. The molecule has 4 heteroatoms. The van der Waals surface area contributed by atoms with Crippen LogP contribution in [0.4, 0.5) is 5.69 Å².